The Hall–Kier alpha value is -2.75. The number of ketones is 1. The number of amides is 1. The number of fused-ring (bicyclic) bond motifs is 1. The number of rotatable bonds is 4. The average molecular weight is 433 g/mol. The molecule has 10 heteroatoms. The summed E-state index contributed by atoms with van der Waals surface area (Å²) in [4.78, 5) is 46.4. The standard InChI is InChI=1S/C17H17BrN6O3/c1-22-15-13(14(18)21-22)17(27)24(9-20-15)8-12(25)10-6-11(19-7-10)16(26)23-4-2-3-5-23/h6-7,9,19H,2-5,8H2,1H3. The van der Waals surface area contributed by atoms with E-state index in [1.54, 1.807) is 18.0 Å². The second kappa shape index (κ2) is 6.76. The van der Waals surface area contributed by atoms with Crippen LogP contribution in [0.25, 0.3) is 11.0 Å². The lowest BCUT2D eigenvalue weighted by Gasteiger charge is -2.13. The van der Waals surface area contributed by atoms with Gasteiger partial charge >= 0.3 is 0 Å². The minimum atomic E-state index is -0.350. The van der Waals surface area contributed by atoms with Crippen LogP contribution in [0, 0.1) is 0 Å². The first-order valence-corrected chi connectivity index (χ1v) is 9.33. The zero-order valence-corrected chi connectivity index (χ0v) is 16.2. The molecule has 0 saturated carbocycles. The summed E-state index contributed by atoms with van der Waals surface area (Å²) >= 11 is 3.25. The van der Waals surface area contributed by atoms with E-state index in [9.17, 15) is 14.4 Å². The fraction of sp³-hybridized carbons (Fsp3) is 0.353. The van der Waals surface area contributed by atoms with E-state index < -0.39 is 0 Å². The number of likely N-dealkylation sites (tertiary alicyclic amines) is 1. The van der Waals surface area contributed by atoms with Gasteiger partial charge in [0.05, 0.1) is 6.54 Å². The summed E-state index contributed by atoms with van der Waals surface area (Å²) in [5, 5.41) is 4.44. The summed E-state index contributed by atoms with van der Waals surface area (Å²) in [7, 11) is 1.69. The first-order chi connectivity index (χ1) is 13.0. The predicted molar refractivity (Wildman–Crippen MR) is 101 cm³/mol. The van der Waals surface area contributed by atoms with Crippen LogP contribution in [0.3, 0.4) is 0 Å². The molecule has 0 spiro atoms. The number of hydrogen-bond acceptors (Lipinski definition) is 5. The van der Waals surface area contributed by atoms with Gasteiger partial charge in [-0.25, -0.2) is 9.67 Å². The maximum absolute atomic E-state index is 12.6. The van der Waals surface area contributed by atoms with Crippen molar-refractivity contribution < 1.29 is 9.59 Å². The van der Waals surface area contributed by atoms with E-state index in [4.69, 9.17) is 0 Å². The van der Waals surface area contributed by atoms with Gasteiger partial charge in [-0.2, -0.15) is 5.10 Å². The Morgan fingerprint density at radius 1 is 1.30 bits per heavy atom. The zero-order chi connectivity index (χ0) is 19.1. The first kappa shape index (κ1) is 17.7. The number of Topliss-reactive ketones (excluding diaryl/α,β-unsaturated/α-hetero) is 1. The Balaban J connectivity index is 1.57. The van der Waals surface area contributed by atoms with Gasteiger partial charge in [-0.1, -0.05) is 0 Å². The van der Waals surface area contributed by atoms with Crippen molar-refractivity contribution in [1.29, 1.82) is 0 Å². The second-order valence-electron chi connectivity index (χ2n) is 6.52. The highest BCUT2D eigenvalue weighted by atomic mass is 79.9. The molecule has 0 atom stereocenters. The smallest absolute Gasteiger partial charge is 0.270 e. The molecule has 1 amide bonds. The molecule has 1 aliphatic heterocycles. The van der Waals surface area contributed by atoms with Crippen molar-refractivity contribution in [2.45, 2.75) is 19.4 Å². The minimum absolute atomic E-state index is 0.105. The molecule has 1 fully saturated rings. The Bertz CT molecular complexity index is 1110. The lowest BCUT2D eigenvalue weighted by Crippen LogP contribution is -2.27. The largest absolute Gasteiger partial charge is 0.356 e. The third-order valence-electron chi connectivity index (χ3n) is 4.71. The van der Waals surface area contributed by atoms with Crippen molar-refractivity contribution in [3.8, 4) is 0 Å². The Kier molecular flexibility index (Phi) is 4.42. The van der Waals surface area contributed by atoms with Crippen LogP contribution in [0.5, 0.6) is 0 Å². The zero-order valence-electron chi connectivity index (χ0n) is 14.6. The summed E-state index contributed by atoms with van der Waals surface area (Å²) in [5.74, 6) is -0.388. The fourth-order valence-electron chi connectivity index (χ4n) is 3.26. The van der Waals surface area contributed by atoms with Gasteiger partial charge in [0.15, 0.2) is 11.4 Å². The first-order valence-electron chi connectivity index (χ1n) is 8.54. The van der Waals surface area contributed by atoms with Crippen LogP contribution in [0.4, 0.5) is 0 Å². The number of carbonyl (C=O) groups is 2. The summed E-state index contributed by atoms with van der Waals surface area (Å²) < 4.78 is 3.13. The Morgan fingerprint density at radius 2 is 2.04 bits per heavy atom. The molecule has 0 unspecified atom stereocenters. The maximum Gasteiger partial charge on any atom is 0.270 e. The minimum Gasteiger partial charge on any atom is -0.356 e. The van der Waals surface area contributed by atoms with Crippen LogP contribution in [-0.4, -0.2) is 54.0 Å². The molecule has 4 heterocycles. The lowest BCUT2D eigenvalue weighted by molar-refractivity contribution is 0.0787. The van der Waals surface area contributed by atoms with Gasteiger partial charge in [-0.05, 0) is 34.8 Å². The summed E-state index contributed by atoms with van der Waals surface area (Å²) in [6, 6.07) is 1.54. The van der Waals surface area contributed by atoms with Crippen molar-refractivity contribution >= 4 is 38.7 Å². The van der Waals surface area contributed by atoms with Crippen LogP contribution in [0.2, 0.25) is 0 Å². The van der Waals surface area contributed by atoms with Crippen molar-refractivity contribution in [3.63, 3.8) is 0 Å². The number of aryl methyl sites for hydroxylation is 1. The molecule has 3 aromatic heterocycles. The average Bonchev–Trinajstić information content (AvgIpc) is 3.38. The van der Waals surface area contributed by atoms with Gasteiger partial charge in [-0.3, -0.25) is 19.0 Å². The molecular formula is C17H17BrN6O3. The van der Waals surface area contributed by atoms with Crippen LogP contribution >= 0.6 is 15.9 Å². The molecule has 1 N–H and O–H groups in total. The second-order valence-corrected chi connectivity index (χ2v) is 7.27. The number of aromatic amines is 1. The molecule has 9 nitrogen and oxygen atoms in total. The van der Waals surface area contributed by atoms with Gasteiger partial charge in [-0.15, -0.1) is 0 Å². The number of carbonyl (C=O) groups excluding carboxylic acids is 2. The highest BCUT2D eigenvalue weighted by molar-refractivity contribution is 9.10. The SMILES string of the molecule is Cn1nc(Br)c2c(=O)n(CC(=O)c3c[nH]c(C(=O)N4CCCC4)c3)cnc21. The molecule has 4 rings (SSSR count). The molecule has 0 aliphatic carbocycles. The molecule has 1 aliphatic rings. The van der Waals surface area contributed by atoms with Gasteiger partial charge in [0.25, 0.3) is 11.5 Å². The molecular weight excluding hydrogens is 416 g/mol. The molecule has 140 valence electrons. The quantitative estimate of drug-likeness (QED) is 0.626. The third kappa shape index (κ3) is 3.09. The van der Waals surface area contributed by atoms with Crippen LogP contribution in [-0.2, 0) is 13.6 Å². The van der Waals surface area contributed by atoms with Gasteiger partial charge in [0, 0.05) is 31.9 Å². The third-order valence-corrected chi connectivity index (χ3v) is 5.27. The number of hydrogen-bond donors (Lipinski definition) is 1. The number of halogens is 1. The van der Waals surface area contributed by atoms with Gasteiger partial charge < -0.3 is 9.88 Å². The predicted octanol–water partition coefficient (Wildman–Crippen LogP) is 1.34. The van der Waals surface area contributed by atoms with E-state index >= 15 is 0 Å². The Morgan fingerprint density at radius 3 is 2.78 bits per heavy atom. The van der Waals surface area contributed by atoms with E-state index in [2.05, 4.69) is 31.0 Å². The van der Waals surface area contributed by atoms with Crippen molar-refractivity contribution in [2.24, 2.45) is 7.05 Å². The number of aromatic nitrogens is 5. The number of nitrogens with zero attached hydrogens (tertiary/aromatic N) is 5. The van der Waals surface area contributed by atoms with Crippen molar-refractivity contribution in [2.75, 3.05) is 13.1 Å². The molecule has 27 heavy (non-hydrogen) atoms. The van der Waals surface area contributed by atoms with Gasteiger partial charge in [0.2, 0.25) is 0 Å². The maximum atomic E-state index is 12.6. The summed E-state index contributed by atoms with van der Waals surface area (Å²) in [6.07, 6.45) is 4.84. The monoisotopic (exact) mass is 432 g/mol. The normalized spacial score (nSPS) is 14.2. The fourth-order valence-corrected chi connectivity index (χ4v) is 3.85. The highest BCUT2D eigenvalue weighted by Crippen LogP contribution is 2.17. The van der Waals surface area contributed by atoms with Crippen LogP contribution in [0.1, 0.15) is 33.7 Å². The molecule has 0 aromatic carbocycles. The molecule has 3 aromatic rings. The molecule has 0 radical (unpaired) electrons. The summed E-state index contributed by atoms with van der Waals surface area (Å²) in [5.41, 5.74) is 0.832. The van der Waals surface area contributed by atoms with E-state index in [0.717, 1.165) is 25.9 Å². The number of H-pyrrole nitrogens is 1. The lowest BCUT2D eigenvalue weighted by atomic mass is 10.2. The van der Waals surface area contributed by atoms with Crippen LogP contribution in [0.15, 0.2) is 28.0 Å². The number of nitrogens with one attached hydrogen (secondary N) is 1. The van der Waals surface area contributed by atoms with Crippen molar-refractivity contribution in [1.82, 2.24) is 29.2 Å². The summed E-state index contributed by atoms with van der Waals surface area (Å²) in [6.45, 7) is 1.31. The van der Waals surface area contributed by atoms with E-state index in [0.29, 0.717) is 26.9 Å². The van der Waals surface area contributed by atoms with E-state index in [1.807, 2.05) is 0 Å². The highest BCUT2D eigenvalue weighted by Gasteiger charge is 2.22. The van der Waals surface area contributed by atoms with Crippen LogP contribution < -0.4 is 5.56 Å². The van der Waals surface area contributed by atoms with E-state index in [1.165, 1.54) is 21.8 Å². The topological polar surface area (TPSA) is 106 Å². The van der Waals surface area contributed by atoms with E-state index in [-0.39, 0.29) is 23.8 Å². The molecule has 0 bridgehead atoms. The molecule has 1 saturated heterocycles. The van der Waals surface area contributed by atoms with Gasteiger partial charge in [0.1, 0.15) is 22.0 Å². The Labute approximate surface area is 162 Å². The van der Waals surface area contributed by atoms with Crippen molar-refractivity contribution in [3.05, 3.63) is 44.8 Å².